The molecule has 0 bridgehead atoms. The van der Waals surface area contributed by atoms with Gasteiger partial charge in [-0.15, -0.1) is 0 Å². The second-order valence-corrected chi connectivity index (χ2v) is 9.23. The molecule has 0 aromatic heterocycles. The van der Waals surface area contributed by atoms with E-state index in [9.17, 15) is 22.8 Å². The number of alkyl halides is 3. The quantitative estimate of drug-likeness (QED) is 0.426. The van der Waals surface area contributed by atoms with Gasteiger partial charge >= 0.3 is 6.18 Å². The average Bonchev–Trinajstić information content (AvgIpc) is 3.23. The van der Waals surface area contributed by atoms with Gasteiger partial charge in [-0.25, -0.2) is 0 Å². The number of ether oxygens (including phenoxy) is 1. The smallest absolute Gasteiger partial charge is 0.416 e. The number of carbonyl (C=O) groups is 2. The summed E-state index contributed by atoms with van der Waals surface area (Å²) < 4.78 is 45.1. The molecule has 3 aromatic rings. The summed E-state index contributed by atoms with van der Waals surface area (Å²) in [5.41, 5.74) is -0.0400. The SMILES string of the molecule is COc1ccc(C[C@]2(CCC(=O)NCCc3ccccc3C(F)(F)F)CCC(=O)N2)c2ccccc12. The van der Waals surface area contributed by atoms with E-state index in [4.69, 9.17) is 4.74 Å². The topological polar surface area (TPSA) is 67.4 Å². The molecule has 0 radical (unpaired) electrons. The average molecular weight is 499 g/mol. The van der Waals surface area contributed by atoms with Gasteiger partial charge in [0, 0.05) is 30.3 Å². The van der Waals surface area contributed by atoms with Crippen molar-refractivity contribution < 1.29 is 27.5 Å². The number of nitrogens with one attached hydrogen (secondary N) is 2. The van der Waals surface area contributed by atoms with E-state index in [0.717, 1.165) is 28.2 Å². The number of halogens is 3. The zero-order valence-corrected chi connectivity index (χ0v) is 20.1. The van der Waals surface area contributed by atoms with E-state index in [1.807, 2.05) is 36.4 Å². The number of hydrogen-bond donors (Lipinski definition) is 2. The normalized spacial score (nSPS) is 17.7. The molecule has 0 unspecified atom stereocenters. The minimum Gasteiger partial charge on any atom is -0.496 e. The van der Waals surface area contributed by atoms with Crippen LogP contribution in [0, 0.1) is 0 Å². The third kappa shape index (κ3) is 5.80. The highest BCUT2D eigenvalue weighted by atomic mass is 19.4. The van der Waals surface area contributed by atoms with Crippen molar-refractivity contribution in [1.82, 2.24) is 10.6 Å². The van der Waals surface area contributed by atoms with Crippen molar-refractivity contribution in [3.63, 3.8) is 0 Å². The predicted molar refractivity (Wildman–Crippen MR) is 132 cm³/mol. The fraction of sp³-hybridized carbons (Fsp3) is 0.357. The minimum atomic E-state index is -4.43. The number of hydrogen-bond acceptors (Lipinski definition) is 3. The number of amides is 2. The van der Waals surface area contributed by atoms with Gasteiger partial charge in [0.2, 0.25) is 11.8 Å². The Morgan fingerprint density at radius 1 is 1.03 bits per heavy atom. The van der Waals surface area contributed by atoms with Crippen LogP contribution < -0.4 is 15.4 Å². The molecule has 190 valence electrons. The molecular formula is C28H29F3N2O3. The van der Waals surface area contributed by atoms with Gasteiger partial charge in [0.05, 0.1) is 12.7 Å². The third-order valence-electron chi connectivity index (χ3n) is 6.83. The van der Waals surface area contributed by atoms with Gasteiger partial charge in [0.25, 0.3) is 0 Å². The van der Waals surface area contributed by atoms with Crippen LogP contribution in [0.3, 0.4) is 0 Å². The molecule has 1 aliphatic rings. The molecule has 1 heterocycles. The standard InChI is InChI=1S/C28H29F3N2O3/c1-36-24-11-10-20(21-7-3-4-8-22(21)24)18-27(16-13-26(35)33-27)15-12-25(34)32-17-14-19-6-2-5-9-23(19)28(29,30)31/h2-11H,12-18H2,1H3,(H,32,34)(H,33,35)/t27-/m0/s1. The molecule has 1 atom stereocenters. The highest BCUT2D eigenvalue weighted by Gasteiger charge is 2.38. The second-order valence-electron chi connectivity index (χ2n) is 9.23. The highest BCUT2D eigenvalue weighted by Crippen LogP contribution is 2.35. The Balaban J connectivity index is 1.41. The first-order valence-electron chi connectivity index (χ1n) is 12.0. The lowest BCUT2D eigenvalue weighted by molar-refractivity contribution is -0.138. The first kappa shape index (κ1) is 25.5. The van der Waals surface area contributed by atoms with Crippen molar-refractivity contribution in [1.29, 1.82) is 0 Å². The van der Waals surface area contributed by atoms with Crippen LogP contribution in [-0.2, 0) is 28.6 Å². The van der Waals surface area contributed by atoms with Gasteiger partial charge in [-0.05, 0) is 54.3 Å². The van der Waals surface area contributed by atoms with Crippen LogP contribution >= 0.6 is 0 Å². The fourth-order valence-corrected chi connectivity index (χ4v) is 5.01. The maximum atomic E-state index is 13.2. The number of benzene rings is 3. The van der Waals surface area contributed by atoms with Crippen LogP contribution in [0.5, 0.6) is 5.75 Å². The molecule has 8 heteroatoms. The van der Waals surface area contributed by atoms with E-state index in [0.29, 0.717) is 25.7 Å². The molecule has 36 heavy (non-hydrogen) atoms. The molecule has 2 amide bonds. The van der Waals surface area contributed by atoms with E-state index < -0.39 is 17.3 Å². The molecule has 1 aliphatic heterocycles. The van der Waals surface area contributed by atoms with Crippen molar-refractivity contribution >= 4 is 22.6 Å². The zero-order valence-electron chi connectivity index (χ0n) is 20.1. The van der Waals surface area contributed by atoms with Crippen molar-refractivity contribution in [3.8, 4) is 5.75 Å². The predicted octanol–water partition coefficient (Wildman–Crippen LogP) is 5.20. The van der Waals surface area contributed by atoms with Crippen LogP contribution in [0.2, 0.25) is 0 Å². The molecule has 5 nitrogen and oxygen atoms in total. The molecule has 3 aromatic carbocycles. The second kappa shape index (κ2) is 10.6. The number of rotatable bonds is 9. The van der Waals surface area contributed by atoms with E-state index in [2.05, 4.69) is 10.6 Å². The summed E-state index contributed by atoms with van der Waals surface area (Å²) >= 11 is 0. The summed E-state index contributed by atoms with van der Waals surface area (Å²) in [4.78, 5) is 24.8. The maximum absolute atomic E-state index is 13.2. The number of fused-ring (bicyclic) bond motifs is 1. The maximum Gasteiger partial charge on any atom is 0.416 e. The Labute approximate surface area is 208 Å². The minimum absolute atomic E-state index is 0.0445. The summed E-state index contributed by atoms with van der Waals surface area (Å²) in [6.07, 6.45) is -2.18. The number of methoxy groups -OCH3 is 1. The lowest BCUT2D eigenvalue weighted by Crippen LogP contribution is -2.44. The van der Waals surface area contributed by atoms with Crippen LogP contribution in [0.1, 0.15) is 42.4 Å². The molecule has 4 rings (SSSR count). The van der Waals surface area contributed by atoms with Crippen molar-refractivity contribution in [2.45, 2.75) is 50.2 Å². The highest BCUT2D eigenvalue weighted by molar-refractivity contribution is 5.91. The van der Waals surface area contributed by atoms with Crippen LogP contribution in [0.25, 0.3) is 10.8 Å². The lowest BCUT2D eigenvalue weighted by atomic mass is 9.83. The van der Waals surface area contributed by atoms with Gasteiger partial charge in [-0.1, -0.05) is 48.5 Å². The molecule has 2 N–H and O–H groups in total. The Hall–Kier alpha value is -3.55. The Kier molecular flexibility index (Phi) is 7.52. The van der Waals surface area contributed by atoms with Gasteiger partial charge in [-0.3, -0.25) is 9.59 Å². The van der Waals surface area contributed by atoms with Gasteiger partial charge in [-0.2, -0.15) is 13.2 Å². The van der Waals surface area contributed by atoms with E-state index in [1.54, 1.807) is 13.2 Å². The third-order valence-corrected chi connectivity index (χ3v) is 6.83. The molecular weight excluding hydrogens is 469 g/mol. The van der Waals surface area contributed by atoms with Gasteiger partial charge in [0.1, 0.15) is 5.75 Å². The van der Waals surface area contributed by atoms with E-state index in [-0.39, 0.29) is 36.8 Å². The Bertz CT molecular complexity index is 1260. The summed E-state index contributed by atoms with van der Waals surface area (Å²) in [5, 5.41) is 7.84. The van der Waals surface area contributed by atoms with Crippen LogP contribution in [-0.4, -0.2) is 31.0 Å². The van der Waals surface area contributed by atoms with E-state index >= 15 is 0 Å². The molecule has 1 saturated heterocycles. The molecule has 1 fully saturated rings. The summed E-state index contributed by atoms with van der Waals surface area (Å²) in [6.45, 7) is 0.106. The van der Waals surface area contributed by atoms with Gasteiger partial charge < -0.3 is 15.4 Å². The van der Waals surface area contributed by atoms with Crippen molar-refractivity contribution in [3.05, 3.63) is 77.4 Å². The Morgan fingerprint density at radius 3 is 2.44 bits per heavy atom. The van der Waals surface area contributed by atoms with Crippen LogP contribution in [0.4, 0.5) is 13.2 Å². The summed E-state index contributed by atoms with van der Waals surface area (Å²) in [5.74, 6) is 0.474. The largest absolute Gasteiger partial charge is 0.496 e. The first-order chi connectivity index (χ1) is 17.2. The molecule has 0 spiro atoms. The first-order valence-corrected chi connectivity index (χ1v) is 12.0. The van der Waals surface area contributed by atoms with Crippen molar-refractivity contribution in [2.75, 3.05) is 13.7 Å². The number of carbonyl (C=O) groups excluding carboxylic acids is 2. The summed E-state index contributed by atoms with van der Waals surface area (Å²) in [7, 11) is 1.63. The monoisotopic (exact) mass is 498 g/mol. The zero-order chi connectivity index (χ0) is 25.8. The fourth-order valence-electron chi connectivity index (χ4n) is 5.01. The molecule has 0 saturated carbocycles. The lowest BCUT2D eigenvalue weighted by Gasteiger charge is -2.30. The Morgan fingerprint density at radius 2 is 1.75 bits per heavy atom. The van der Waals surface area contributed by atoms with E-state index in [1.165, 1.54) is 12.1 Å². The summed E-state index contributed by atoms with van der Waals surface area (Å²) in [6, 6.07) is 17.2. The van der Waals surface area contributed by atoms with Gasteiger partial charge in [0.15, 0.2) is 0 Å². The molecule has 0 aliphatic carbocycles. The van der Waals surface area contributed by atoms with Crippen molar-refractivity contribution in [2.24, 2.45) is 0 Å². The van der Waals surface area contributed by atoms with Crippen LogP contribution in [0.15, 0.2) is 60.7 Å².